The van der Waals surface area contributed by atoms with Crippen molar-refractivity contribution in [2.45, 2.75) is 46.2 Å². The molecule has 0 aliphatic carbocycles. The van der Waals surface area contributed by atoms with Gasteiger partial charge in [0.25, 0.3) is 0 Å². The molecule has 0 saturated heterocycles. The van der Waals surface area contributed by atoms with E-state index in [9.17, 15) is 0 Å². The normalized spacial score (nSPS) is 13.4. The predicted molar refractivity (Wildman–Crippen MR) is 61.2 cm³/mol. The Balaban J connectivity index is 2.12. The highest BCUT2D eigenvalue weighted by atomic mass is 14.9. The second-order valence-corrected chi connectivity index (χ2v) is 4.47. The molecule has 1 atom stereocenters. The number of H-pyrrole nitrogens is 1. The van der Waals surface area contributed by atoms with Crippen LogP contribution in [0.15, 0.2) is 18.5 Å². The van der Waals surface area contributed by atoms with Gasteiger partial charge in [0.1, 0.15) is 0 Å². The van der Waals surface area contributed by atoms with Crippen molar-refractivity contribution in [2.24, 2.45) is 5.92 Å². The van der Waals surface area contributed by atoms with Gasteiger partial charge in [-0.2, -0.15) is 0 Å². The summed E-state index contributed by atoms with van der Waals surface area (Å²) >= 11 is 0. The van der Waals surface area contributed by atoms with E-state index in [-0.39, 0.29) is 0 Å². The molecule has 2 nitrogen and oxygen atoms in total. The van der Waals surface area contributed by atoms with E-state index in [0.29, 0.717) is 6.04 Å². The van der Waals surface area contributed by atoms with Crippen LogP contribution >= 0.6 is 0 Å². The maximum absolute atomic E-state index is 3.52. The molecule has 0 spiro atoms. The molecule has 0 aliphatic rings. The summed E-state index contributed by atoms with van der Waals surface area (Å²) in [6.07, 6.45) is 6.58. The third kappa shape index (κ3) is 4.47. The predicted octanol–water partition coefficient (Wildman–Crippen LogP) is 2.93. The molecule has 0 bridgehead atoms. The molecule has 1 rings (SSSR count). The Morgan fingerprint density at radius 2 is 2.07 bits per heavy atom. The molecule has 0 aromatic carbocycles. The number of hydrogen-bond donors (Lipinski definition) is 2. The summed E-state index contributed by atoms with van der Waals surface area (Å²) in [6, 6.07) is 2.73. The molecule has 14 heavy (non-hydrogen) atoms. The molecule has 1 heterocycles. The van der Waals surface area contributed by atoms with Crippen molar-refractivity contribution in [1.29, 1.82) is 0 Å². The third-order valence-electron chi connectivity index (χ3n) is 2.49. The molecule has 0 amide bonds. The van der Waals surface area contributed by atoms with Crippen molar-refractivity contribution >= 4 is 0 Å². The zero-order valence-electron chi connectivity index (χ0n) is 9.51. The first-order valence-corrected chi connectivity index (χ1v) is 5.53. The topological polar surface area (TPSA) is 27.8 Å². The van der Waals surface area contributed by atoms with E-state index in [1.807, 2.05) is 12.4 Å². The highest BCUT2D eigenvalue weighted by Gasteiger charge is 2.02. The van der Waals surface area contributed by atoms with Gasteiger partial charge in [0, 0.05) is 25.0 Å². The van der Waals surface area contributed by atoms with Crippen molar-refractivity contribution in [3.63, 3.8) is 0 Å². The van der Waals surface area contributed by atoms with E-state index in [2.05, 4.69) is 37.1 Å². The summed E-state index contributed by atoms with van der Waals surface area (Å²) in [4.78, 5) is 3.06. The fourth-order valence-corrected chi connectivity index (χ4v) is 1.45. The minimum absolute atomic E-state index is 0.618. The summed E-state index contributed by atoms with van der Waals surface area (Å²) in [6.45, 7) is 7.79. The zero-order chi connectivity index (χ0) is 10.4. The first-order chi connectivity index (χ1) is 6.68. The van der Waals surface area contributed by atoms with E-state index in [0.717, 1.165) is 12.5 Å². The van der Waals surface area contributed by atoms with Gasteiger partial charge in [0.2, 0.25) is 0 Å². The van der Waals surface area contributed by atoms with Gasteiger partial charge >= 0.3 is 0 Å². The van der Waals surface area contributed by atoms with Gasteiger partial charge in [-0.05, 0) is 37.3 Å². The lowest BCUT2D eigenvalue weighted by Crippen LogP contribution is -2.25. The SMILES string of the molecule is CC(C)CCC(C)NCc1cc[nH]c1. The lowest BCUT2D eigenvalue weighted by Gasteiger charge is -2.14. The average Bonchev–Trinajstić information content (AvgIpc) is 2.63. The monoisotopic (exact) mass is 194 g/mol. The molecule has 2 heteroatoms. The highest BCUT2D eigenvalue weighted by molar-refractivity contribution is 5.07. The maximum atomic E-state index is 3.52. The lowest BCUT2D eigenvalue weighted by molar-refractivity contribution is 0.451. The van der Waals surface area contributed by atoms with Gasteiger partial charge in [0.15, 0.2) is 0 Å². The number of nitrogens with one attached hydrogen (secondary N) is 2. The Bertz CT molecular complexity index is 226. The molecule has 2 N–H and O–H groups in total. The maximum Gasteiger partial charge on any atom is 0.0222 e. The molecule has 0 fully saturated rings. The lowest BCUT2D eigenvalue weighted by atomic mass is 10.0. The summed E-state index contributed by atoms with van der Waals surface area (Å²) in [5.41, 5.74) is 1.33. The number of hydrogen-bond acceptors (Lipinski definition) is 1. The summed E-state index contributed by atoms with van der Waals surface area (Å²) in [5, 5.41) is 3.52. The van der Waals surface area contributed by atoms with Crippen LogP contribution in [-0.4, -0.2) is 11.0 Å². The van der Waals surface area contributed by atoms with E-state index in [1.165, 1.54) is 18.4 Å². The van der Waals surface area contributed by atoms with Crippen molar-refractivity contribution in [2.75, 3.05) is 0 Å². The second-order valence-electron chi connectivity index (χ2n) is 4.47. The van der Waals surface area contributed by atoms with E-state index in [4.69, 9.17) is 0 Å². The second kappa shape index (κ2) is 5.86. The molecule has 80 valence electrons. The van der Waals surface area contributed by atoms with Crippen LogP contribution in [0.5, 0.6) is 0 Å². The molecule has 0 saturated carbocycles. The first kappa shape index (κ1) is 11.3. The van der Waals surface area contributed by atoms with Gasteiger partial charge in [-0.15, -0.1) is 0 Å². The van der Waals surface area contributed by atoms with Crippen LogP contribution in [0.2, 0.25) is 0 Å². The van der Waals surface area contributed by atoms with Gasteiger partial charge < -0.3 is 10.3 Å². The van der Waals surface area contributed by atoms with Crippen LogP contribution in [0.25, 0.3) is 0 Å². The molecular formula is C12H22N2. The largest absolute Gasteiger partial charge is 0.367 e. The van der Waals surface area contributed by atoms with Crippen LogP contribution in [0.4, 0.5) is 0 Å². The summed E-state index contributed by atoms with van der Waals surface area (Å²) in [5.74, 6) is 0.812. The van der Waals surface area contributed by atoms with Crippen LogP contribution in [0, 0.1) is 5.92 Å². The standard InChI is InChI=1S/C12H22N2/c1-10(2)4-5-11(3)14-9-12-6-7-13-8-12/h6-8,10-11,13-14H,4-5,9H2,1-3H3. The molecule has 0 aliphatic heterocycles. The molecule has 0 radical (unpaired) electrons. The number of aromatic amines is 1. The third-order valence-corrected chi connectivity index (χ3v) is 2.49. The Hall–Kier alpha value is -0.760. The smallest absolute Gasteiger partial charge is 0.0222 e. The minimum Gasteiger partial charge on any atom is -0.367 e. The molecule has 1 aromatic heterocycles. The fourth-order valence-electron chi connectivity index (χ4n) is 1.45. The van der Waals surface area contributed by atoms with Crippen LogP contribution in [0.1, 0.15) is 39.2 Å². The Morgan fingerprint density at radius 1 is 1.29 bits per heavy atom. The van der Waals surface area contributed by atoms with Crippen molar-refractivity contribution in [3.8, 4) is 0 Å². The summed E-state index contributed by atoms with van der Waals surface area (Å²) in [7, 11) is 0. The van der Waals surface area contributed by atoms with Gasteiger partial charge in [-0.1, -0.05) is 13.8 Å². The first-order valence-electron chi connectivity index (χ1n) is 5.53. The highest BCUT2D eigenvalue weighted by Crippen LogP contribution is 2.07. The van der Waals surface area contributed by atoms with E-state index < -0.39 is 0 Å². The van der Waals surface area contributed by atoms with Gasteiger partial charge in [0.05, 0.1) is 0 Å². The van der Waals surface area contributed by atoms with E-state index >= 15 is 0 Å². The van der Waals surface area contributed by atoms with Crippen LogP contribution in [-0.2, 0) is 6.54 Å². The molecule has 1 unspecified atom stereocenters. The van der Waals surface area contributed by atoms with E-state index in [1.54, 1.807) is 0 Å². The van der Waals surface area contributed by atoms with Crippen molar-refractivity contribution in [1.82, 2.24) is 10.3 Å². The van der Waals surface area contributed by atoms with Crippen molar-refractivity contribution < 1.29 is 0 Å². The molecular weight excluding hydrogens is 172 g/mol. The van der Waals surface area contributed by atoms with Gasteiger partial charge in [-0.25, -0.2) is 0 Å². The summed E-state index contributed by atoms with van der Waals surface area (Å²) < 4.78 is 0. The molecule has 1 aromatic rings. The fraction of sp³-hybridized carbons (Fsp3) is 0.667. The number of aromatic nitrogens is 1. The van der Waals surface area contributed by atoms with Crippen LogP contribution in [0.3, 0.4) is 0 Å². The quantitative estimate of drug-likeness (QED) is 0.716. The zero-order valence-corrected chi connectivity index (χ0v) is 9.51. The Labute approximate surface area is 87.1 Å². The van der Waals surface area contributed by atoms with Crippen LogP contribution < -0.4 is 5.32 Å². The minimum atomic E-state index is 0.618. The average molecular weight is 194 g/mol. The van der Waals surface area contributed by atoms with Gasteiger partial charge in [-0.3, -0.25) is 0 Å². The van der Waals surface area contributed by atoms with Crippen molar-refractivity contribution in [3.05, 3.63) is 24.0 Å². The Morgan fingerprint density at radius 3 is 2.64 bits per heavy atom. The number of rotatable bonds is 6. The Kier molecular flexibility index (Phi) is 4.74.